The first-order valence-corrected chi connectivity index (χ1v) is 7.42. The Labute approximate surface area is 135 Å². The van der Waals surface area contributed by atoms with Crippen LogP contribution in [0.2, 0.25) is 0 Å². The fourth-order valence-electron chi connectivity index (χ4n) is 2.36. The van der Waals surface area contributed by atoms with E-state index in [-0.39, 0.29) is 6.54 Å². The topological polar surface area (TPSA) is 3.24 Å². The normalized spacial score (nSPS) is 13.7. The molecule has 0 saturated carbocycles. The molecular formula is C19H20F3N. The van der Waals surface area contributed by atoms with E-state index in [1.165, 1.54) is 24.1 Å². The Balaban J connectivity index is 2.15. The Kier molecular flexibility index (Phi) is 5.61. The predicted molar refractivity (Wildman–Crippen MR) is 88.0 cm³/mol. The van der Waals surface area contributed by atoms with Gasteiger partial charge in [0.25, 0.3) is 0 Å². The average Bonchev–Trinajstić information content (AvgIpc) is 2.49. The molecule has 1 nitrogen and oxygen atoms in total. The molecule has 0 aliphatic rings. The molecule has 0 bridgehead atoms. The maximum Gasteiger partial charge on any atom is 0.407 e. The summed E-state index contributed by atoms with van der Waals surface area (Å²) in [5, 5.41) is 0. The third-order valence-corrected chi connectivity index (χ3v) is 3.63. The number of aryl methyl sites for hydroxylation is 1. The van der Waals surface area contributed by atoms with E-state index in [2.05, 4.69) is 0 Å². The summed E-state index contributed by atoms with van der Waals surface area (Å²) in [6.07, 6.45) is -1.57. The number of halogens is 3. The second-order valence-electron chi connectivity index (χ2n) is 5.66. The zero-order valence-corrected chi connectivity index (χ0v) is 13.2. The highest BCUT2D eigenvalue weighted by Gasteiger charge is 2.40. The van der Waals surface area contributed by atoms with Gasteiger partial charge in [-0.15, -0.1) is 0 Å². The summed E-state index contributed by atoms with van der Waals surface area (Å²) in [7, 11) is 1.49. The van der Waals surface area contributed by atoms with Crippen LogP contribution in [0.4, 0.5) is 13.2 Å². The molecule has 122 valence electrons. The van der Waals surface area contributed by atoms with Crippen molar-refractivity contribution >= 4 is 6.08 Å². The lowest BCUT2D eigenvalue weighted by atomic mass is 10.1. The van der Waals surface area contributed by atoms with Crippen LogP contribution in [0.3, 0.4) is 0 Å². The van der Waals surface area contributed by atoms with Gasteiger partial charge in [0.2, 0.25) is 0 Å². The molecule has 0 saturated heterocycles. The largest absolute Gasteiger partial charge is 0.407 e. The first-order valence-electron chi connectivity index (χ1n) is 7.42. The molecule has 4 heteroatoms. The van der Waals surface area contributed by atoms with Crippen molar-refractivity contribution in [3.8, 4) is 0 Å². The second kappa shape index (κ2) is 7.47. The zero-order chi connectivity index (χ0) is 16.9. The van der Waals surface area contributed by atoms with Crippen LogP contribution in [0, 0.1) is 6.92 Å². The van der Waals surface area contributed by atoms with Crippen LogP contribution >= 0.6 is 0 Å². The molecule has 2 aromatic carbocycles. The summed E-state index contributed by atoms with van der Waals surface area (Å²) in [5.41, 5.74) is 2.70. The lowest BCUT2D eigenvalue weighted by Gasteiger charge is -2.27. The van der Waals surface area contributed by atoms with Gasteiger partial charge in [0.05, 0.1) is 0 Å². The van der Waals surface area contributed by atoms with Crippen molar-refractivity contribution in [3.63, 3.8) is 0 Å². The Morgan fingerprint density at radius 3 is 2.17 bits per heavy atom. The highest BCUT2D eigenvalue weighted by molar-refractivity contribution is 5.50. The highest BCUT2D eigenvalue weighted by Crippen LogP contribution is 2.27. The molecule has 0 spiro atoms. The molecule has 1 atom stereocenters. The lowest BCUT2D eigenvalue weighted by molar-refractivity contribution is -0.167. The molecule has 0 aliphatic heterocycles. The van der Waals surface area contributed by atoms with Crippen LogP contribution in [0.5, 0.6) is 0 Å². The first-order chi connectivity index (χ1) is 10.9. The zero-order valence-electron chi connectivity index (χ0n) is 13.2. The minimum Gasteiger partial charge on any atom is -0.288 e. The fourth-order valence-corrected chi connectivity index (χ4v) is 2.36. The Morgan fingerprint density at radius 1 is 1.00 bits per heavy atom. The SMILES string of the molecule is Cc1ccc(/C=C/[C@H](N(C)Cc2ccccc2)C(F)(F)F)cc1. The molecule has 0 aromatic heterocycles. The molecular weight excluding hydrogens is 299 g/mol. The second-order valence-corrected chi connectivity index (χ2v) is 5.66. The average molecular weight is 319 g/mol. The summed E-state index contributed by atoms with van der Waals surface area (Å²) in [6, 6.07) is 14.9. The van der Waals surface area contributed by atoms with E-state index in [9.17, 15) is 13.2 Å². The van der Waals surface area contributed by atoms with E-state index in [4.69, 9.17) is 0 Å². The number of rotatable bonds is 5. The van der Waals surface area contributed by atoms with Gasteiger partial charge in [-0.1, -0.05) is 72.3 Å². The summed E-state index contributed by atoms with van der Waals surface area (Å²) >= 11 is 0. The molecule has 0 N–H and O–H groups in total. The number of benzene rings is 2. The predicted octanol–water partition coefficient (Wildman–Crippen LogP) is 5.07. The summed E-state index contributed by atoms with van der Waals surface area (Å²) in [4.78, 5) is 1.31. The van der Waals surface area contributed by atoms with Crippen LogP contribution in [0.15, 0.2) is 60.7 Å². The molecule has 0 unspecified atom stereocenters. The smallest absolute Gasteiger partial charge is 0.288 e. The minimum atomic E-state index is -4.31. The maximum absolute atomic E-state index is 13.3. The van der Waals surface area contributed by atoms with Crippen molar-refractivity contribution in [1.29, 1.82) is 0 Å². The van der Waals surface area contributed by atoms with Gasteiger partial charge in [0.1, 0.15) is 6.04 Å². The Morgan fingerprint density at radius 2 is 1.61 bits per heavy atom. The molecule has 0 fully saturated rings. The fraction of sp³-hybridized carbons (Fsp3) is 0.263. The van der Waals surface area contributed by atoms with Crippen LogP contribution in [0.25, 0.3) is 6.08 Å². The third kappa shape index (κ3) is 5.25. The number of hydrogen-bond acceptors (Lipinski definition) is 1. The minimum absolute atomic E-state index is 0.239. The Bertz CT molecular complexity index is 630. The van der Waals surface area contributed by atoms with Gasteiger partial charge in [0, 0.05) is 6.54 Å². The highest BCUT2D eigenvalue weighted by atomic mass is 19.4. The van der Waals surface area contributed by atoms with Crippen molar-refractivity contribution < 1.29 is 13.2 Å². The molecule has 0 amide bonds. The van der Waals surface area contributed by atoms with Crippen LogP contribution in [0.1, 0.15) is 16.7 Å². The van der Waals surface area contributed by atoms with Gasteiger partial charge in [-0.05, 0) is 25.1 Å². The van der Waals surface area contributed by atoms with Gasteiger partial charge in [-0.25, -0.2) is 0 Å². The van der Waals surface area contributed by atoms with Crippen molar-refractivity contribution in [3.05, 3.63) is 77.4 Å². The Hall–Kier alpha value is -2.07. The number of alkyl halides is 3. The van der Waals surface area contributed by atoms with Crippen molar-refractivity contribution in [2.24, 2.45) is 0 Å². The molecule has 2 aromatic rings. The van der Waals surface area contributed by atoms with Crippen molar-refractivity contribution in [2.75, 3.05) is 7.05 Å². The van der Waals surface area contributed by atoms with Gasteiger partial charge in [-0.2, -0.15) is 13.2 Å². The third-order valence-electron chi connectivity index (χ3n) is 3.63. The maximum atomic E-state index is 13.3. The number of nitrogens with zero attached hydrogens (tertiary/aromatic N) is 1. The summed E-state index contributed by atoms with van der Waals surface area (Å²) in [5.74, 6) is 0. The van der Waals surface area contributed by atoms with E-state index in [0.29, 0.717) is 0 Å². The van der Waals surface area contributed by atoms with Crippen LogP contribution < -0.4 is 0 Å². The molecule has 0 heterocycles. The number of likely N-dealkylation sites (N-methyl/N-ethyl adjacent to an activating group) is 1. The van der Waals surface area contributed by atoms with Crippen molar-refractivity contribution in [1.82, 2.24) is 4.90 Å². The van der Waals surface area contributed by atoms with E-state index < -0.39 is 12.2 Å². The first kappa shape index (κ1) is 17.3. The van der Waals surface area contributed by atoms with Gasteiger partial charge < -0.3 is 0 Å². The van der Waals surface area contributed by atoms with E-state index in [1.807, 2.05) is 61.5 Å². The van der Waals surface area contributed by atoms with Gasteiger partial charge >= 0.3 is 6.18 Å². The van der Waals surface area contributed by atoms with E-state index >= 15 is 0 Å². The lowest BCUT2D eigenvalue weighted by Crippen LogP contribution is -2.41. The molecule has 0 radical (unpaired) electrons. The summed E-state index contributed by atoms with van der Waals surface area (Å²) < 4.78 is 40.0. The van der Waals surface area contributed by atoms with E-state index in [1.54, 1.807) is 0 Å². The van der Waals surface area contributed by atoms with Crippen LogP contribution in [-0.4, -0.2) is 24.2 Å². The van der Waals surface area contributed by atoms with Crippen LogP contribution in [-0.2, 0) is 6.54 Å². The summed E-state index contributed by atoms with van der Waals surface area (Å²) in [6.45, 7) is 2.18. The van der Waals surface area contributed by atoms with Crippen molar-refractivity contribution in [2.45, 2.75) is 25.7 Å². The number of hydrogen-bond donors (Lipinski definition) is 0. The molecule has 23 heavy (non-hydrogen) atoms. The quantitative estimate of drug-likeness (QED) is 0.743. The standard InChI is InChI=1S/C19H20F3N/c1-15-8-10-16(11-9-15)12-13-18(19(20,21)22)23(2)14-17-6-4-3-5-7-17/h3-13,18H,14H2,1-2H3/b13-12+/t18-/m0/s1. The van der Waals surface area contributed by atoms with E-state index in [0.717, 1.165) is 16.7 Å². The molecule has 2 rings (SSSR count). The molecule has 0 aliphatic carbocycles. The van der Waals surface area contributed by atoms with Gasteiger partial charge in [-0.3, -0.25) is 4.90 Å². The van der Waals surface area contributed by atoms with Gasteiger partial charge in [0.15, 0.2) is 0 Å². The monoisotopic (exact) mass is 319 g/mol.